The summed E-state index contributed by atoms with van der Waals surface area (Å²) in [5, 5.41) is 0. The zero-order valence-electron chi connectivity index (χ0n) is 13.8. The van der Waals surface area contributed by atoms with Crippen molar-refractivity contribution in [3.63, 3.8) is 0 Å². The summed E-state index contributed by atoms with van der Waals surface area (Å²) in [6, 6.07) is 2.21. The van der Waals surface area contributed by atoms with Crippen LogP contribution in [-0.4, -0.2) is 18.3 Å². The summed E-state index contributed by atoms with van der Waals surface area (Å²) in [5.41, 5.74) is 10.4. The van der Waals surface area contributed by atoms with Crippen LogP contribution < -0.4 is 5.73 Å². The van der Waals surface area contributed by atoms with E-state index in [2.05, 4.69) is 70.2 Å². The molecular weight excluding hydrogens is 376 g/mol. The van der Waals surface area contributed by atoms with Crippen molar-refractivity contribution in [3.8, 4) is 0 Å². The smallest absolute Gasteiger partial charge is 0.403 e. The number of benzene rings is 1. The van der Waals surface area contributed by atoms with Gasteiger partial charge in [0.1, 0.15) is 0 Å². The Morgan fingerprint density at radius 1 is 1.05 bits per heavy atom. The third-order valence-corrected chi connectivity index (χ3v) is 6.50. The fraction of sp³-hybridized carbons (Fsp3) is 0.625. The molecule has 0 aromatic heterocycles. The van der Waals surface area contributed by atoms with E-state index in [0.29, 0.717) is 6.54 Å². The Balaban J connectivity index is 2.28. The van der Waals surface area contributed by atoms with E-state index in [1.165, 1.54) is 25.8 Å². The Hall–Kier alpha value is -0.105. The van der Waals surface area contributed by atoms with Crippen LogP contribution in [0, 0.1) is 17.4 Å². The van der Waals surface area contributed by atoms with E-state index in [1.807, 2.05) is 0 Å². The van der Waals surface area contributed by atoms with Crippen molar-refractivity contribution in [2.45, 2.75) is 65.6 Å². The number of hydrogen-bond donors (Lipinski definition) is 1. The zero-order chi connectivity index (χ0) is 16.0. The number of halogens is 1. The third-order valence-electron chi connectivity index (χ3n) is 4.88. The molecule has 0 spiro atoms. The van der Waals surface area contributed by atoms with Crippen molar-refractivity contribution in [2.24, 2.45) is 5.73 Å². The number of nitrogens with two attached hydrogens (primary N) is 1. The third kappa shape index (κ3) is 3.16. The number of rotatable bonds is 3. The molecule has 0 unspecified atom stereocenters. The molecule has 1 aliphatic heterocycles. The van der Waals surface area contributed by atoms with Gasteiger partial charge in [0.05, 0.1) is 11.2 Å². The lowest BCUT2D eigenvalue weighted by Gasteiger charge is -2.32. The van der Waals surface area contributed by atoms with Crippen LogP contribution in [0.25, 0.3) is 0 Å². The molecule has 1 heterocycles. The zero-order valence-corrected chi connectivity index (χ0v) is 16.0. The van der Waals surface area contributed by atoms with Crippen LogP contribution in [0.3, 0.4) is 0 Å². The molecule has 0 aliphatic carbocycles. The van der Waals surface area contributed by atoms with E-state index >= 15 is 0 Å². The fourth-order valence-electron chi connectivity index (χ4n) is 2.64. The van der Waals surface area contributed by atoms with Gasteiger partial charge in [0.2, 0.25) is 0 Å². The summed E-state index contributed by atoms with van der Waals surface area (Å²) < 4.78 is 13.5. The second kappa shape index (κ2) is 5.83. The first-order valence-corrected chi connectivity index (χ1v) is 8.50. The molecule has 0 amide bonds. The summed E-state index contributed by atoms with van der Waals surface area (Å²) in [4.78, 5) is 0. The van der Waals surface area contributed by atoms with E-state index in [4.69, 9.17) is 15.0 Å². The lowest BCUT2D eigenvalue weighted by molar-refractivity contribution is 0.00578. The molecule has 116 valence electrons. The van der Waals surface area contributed by atoms with E-state index in [9.17, 15) is 0 Å². The molecular formula is C16H25BINO2. The summed E-state index contributed by atoms with van der Waals surface area (Å²) >= 11 is 2.41. The molecule has 1 saturated heterocycles. The first kappa shape index (κ1) is 17.3. The lowest BCUT2D eigenvalue weighted by Crippen LogP contribution is -2.41. The van der Waals surface area contributed by atoms with Crippen molar-refractivity contribution in [1.29, 1.82) is 0 Å². The molecule has 2 rings (SSSR count). The fourth-order valence-corrected chi connectivity index (χ4v) is 3.33. The molecule has 1 fully saturated rings. The van der Waals surface area contributed by atoms with Crippen molar-refractivity contribution in [3.05, 3.63) is 31.9 Å². The maximum atomic E-state index is 6.11. The van der Waals surface area contributed by atoms with Crippen LogP contribution in [0.1, 0.15) is 49.9 Å². The maximum Gasteiger partial charge on any atom is 0.462 e. The highest BCUT2D eigenvalue weighted by molar-refractivity contribution is 14.1. The van der Waals surface area contributed by atoms with Crippen LogP contribution in [-0.2, 0) is 22.2 Å². The molecule has 21 heavy (non-hydrogen) atoms. The van der Waals surface area contributed by atoms with Crippen LogP contribution in [0.4, 0.5) is 0 Å². The van der Waals surface area contributed by atoms with Gasteiger partial charge in [-0.15, -0.1) is 0 Å². The minimum Gasteiger partial charge on any atom is -0.403 e. The molecule has 0 bridgehead atoms. The van der Waals surface area contributed by atoms with E-state index in [1.54, 1.807) is 0 Å². The average Bonchev–Trinajstić information content (AvgIpc) is 2.58. The predicted molar refractivity (Wildman–Crippen MR) is 96.3 cm³/mol. The van der Waals surface area contributed by atoms with Crippen LogP contribution in [0.2, 0.25) is 0 Å². The van der Waals surface area contributed by atoms with Crippen LogP contribution in [0.5, 0.6) is 0 Å². The Morgan fingerprint density at radius 2 is 1.52 bits per heavy atom. The van der Waals surface area contributed by atoms with Gasteiger partial charge in [-0.25, -0.2) is 0 Å². The Morgan fingerprint density at radius 3 is 2.00 bits per heavy atom. The topological polar surface area (TPSA) is 44.5 Å². The molecule has 0 atom stereocenters. The molecule has 1 aromatic rings. The first-order chi connectivity index (χ1) is 9.59. The largest absolute Gasteiger partial charge is 0.462 e. The van der Waals surface area contributed by atoms with Crippen molar-refractivity contribution >= 4 is 29.7 Å². The molecule has 5 heteroatoms. The van der Waals surface area contributed by atoms with Crippen LogP contribution >= 0.6 is 22.6 Å². The minimum atomic E-state index is -0.278. The van der Waals surface area contributed by atoms with Gasteiger partial charge < -0.3 is 15.0 Å². The minimum absolute atomic E-state index is 0.196. The van der Waals surface area contributed by atoms with Crippen LogP contribution in [0.15, 0.2) is 6.07 Å². The van der Waals surface area contributed by atoms with Gasteiger partial charge in [-0.05, 0) is 86.4 Å². The molecule has 0 radical (unpaired) electrons. The highest BCUT2D eigenvalue weighted by atomic mass is 127. The molecule has 1 aromatic carbocycles. The molecule has 0 saturated carbocycles. The van der Waals surface area contributed by atoms with E-state index in [0.717, 1.165) is 6.32 Å². The summed E-state index contributed by atoms with van der Waals surface area (Å²) in [6.45, 7) is 13.2. The van der Waals surface area contributed by atoms with Gasteiger partial charge in [0, 0.05) is 16.4 Å². The summed E-state index contributed by atoms with van der Waals surface area (Å²) in [5.74, 6) is 0. The average molecular weight is 401 g/mol. The molecule has 1 aliphatic rings. The van der Waals surface area contributed by atoms with Crippen molar-refractivity contribution < 1.29 is 9.31 Å². The van der Waals surface area contributed by atoms with E-state index < -0.39 is 0 Å². The normalized spacial score (nSPS) is 20.1. The number of hydrogen-bond acceptors (Lipinski definition) is 3. The second-order valence-electron chi connectivity index (χ2n) is 6.85. The maximum absolute atomic E-state index is 6.11. The quantitative estimate of drug-likeness (QED) is 0.623. The Kier molecular flexibility index (Phi) is 4.79. The van der Waals surface area contributed by atoms with Gasteiger partial charge in [0.25, 0.3) is 0 Å². The highest BCUT2D eigenvalue weighted by Gasteiger charge is 2.50. The SMILES string of the molecule is Cc1c(CN)cc(CB2OC(C)(C)C(C)(C)O2)c(C)c1I. The summed E-state index contributed by atoms with van der Waals surface area (Å²) in [6.07, 6.45) is 0.766. The van der Waals surface area contributed by atoms with Gasteiger partial charge >= 0.3 is 7.12 Å². The van der Waals surface area contributed by atoms with E-state index in [-0.39, 0.29) is 18.3 Å². The molecule has 2 N–H and O–H groups in total. The van der Waals surface area contributed by atoms with Crippen molar-refractivity contribution in [1.82, 2.24) is 0 Å². The van der Waals surface area contributed by atoms with Gasteiger partial charge in [-0.1, -0.05) is 6.07 Å². The van der Waals surface area contributed by atoms with Gasteiger partial charge in [0.15, 0.2) is 0 Å². The monoisotopic (exact) mass is 401 g/mol. The van der Waals surface area contributed by atoms with Gasteiger partial charge in [-0.2, -0.15) is 0 Å². The summed E-state index contributed by atoms with van der Waals surface area (Å²) in [7, 11) is -0.196. The highest BCUT2D eigenvalue weighted by Crippen LogP contribution is 2.38. The van der Waals surface area contributed by atoms with Gasteiger partial charge in [-0.3, -0.25) is 0 Å². The van der Waals surface area contributed by atoms with Crippen molar-refractivity contribution in [2.75, 3.05) is 0 Å². The predicted octanol–water partition coefficient (Wildman–Crippen LogP) is 3.54. The first-order valence-electron chi connectivity index (χ1n) is 7.42. The Bertz CT molecular complexity index is 542. The molecule has 3 nitrogen and oxygen atoms in total. The lowest BCUT2D eigenvalue weighted by atomic mass is 9.78. The standard InChI is InChI=1S/C16H25BINO2/c1-10-12(7-13(9-19)11(2)14(10)18)8-17-20-15(3,4)16(5,6)21-17/h7H,8-9,19H2,1-6H3. The second-order valence-corrected chi connectivity index (χ2v) is 7.93. The Labute approximate surface area is 142 Å².